The summed E-state index contributed by atoms with van der Waals surface area (Å²) in [5.41, 5.74) is 19.4. The van der Waals surface area contributed by atoms with Crippen LogP contribution in [0.15, 0.2) is 129 Å². The average molecular weight is 1480 g/mol. The van der Waals surface area contributed by atoms with Crippen LogP contribution in [0.4, 0.5) is 0 Å². The Balaban J connectivity index is 0.000000308. The average Bonchev–Trinajstić information content (AvgIpc) is 1.60. The van der Waals surface area contributed by atoms with Crippen molar-refractivity contribution >= 4 is 23.3 Å². The highest BCUT2D eigenvalue weighted by atomic mass is 14.7. The van der Waals surface area contributed by atoms with Gasteiger partial charge < -0.3 is 0 Å². The number of hydrogen-bond donors (Lipinski definition) is 0. The maximum absolute atomic E-state index is 9.69. The quantitative estimate of drug-likeness (QED) is 0.104. The summed E-state index contributed by atoms with van der Waals surface area (Å²) in [7, 11) is 0. The van der Waals surface area contributed by atoms with Gasteiger partial charge in [0.1, 0.15) is 53.1 Å². The van der Waals surface area contributed by atoms with Crippen molar-refractivity contribution in [2.24, 2.45) is 94.7 Å². The van der Waals surface area contributed by atoms with Gasteiger partial charge in [-0.1, -0.05) is 233 Å². The Morgan fingerprint density at radius 3 is 0.820 bits per heavy atom. The first kappa shape index (κ1) is 92.3. The van der Waals surface area contributed by atoms with E-state index in [9.17, 15) is 47.4 Å². The van der Waals surface area contributed by atoms with E-state index < -0.39 is 0 Å². The number of rotatable bonds is 8. The van der Waals surface area contributed by atoms with Gasteiger partial charge in [0.2, 0.25) is 0 Å². The van der Waals surface area contributed by atoms with Crippen molar-refractivity contribution in [1.82, 2.24) is 0 Å². The summed E-state index contributed by atoms with van der Waals surface area (Å²) in [4.78, 5) is 10.6. The summed E-state index contributed by atoms with van der Waals surface area (Å²) < 4.78 is 0. The molecule has 111 heavy (non-hydrogen) atoms. The Kier molecular flexibility index (Phi) is 32.9. The fourth-order valence-electron chi connectivity index (χ4n) is 19.0. The van der Waals surface area contributed by atoms with Gasteiger partial charge in [0.05, 0.1) is 37.9 Å². The van der Waals surface area contributed by atoms with Gasteiger partial charge in [0.15, 0.2) is 0 Å². The molecule has 12 heteroatoms. The first-order chi connectivity index (χ1) is 50.7. The maximum atomic E-state index is 9.69. The van der Waals surface area contributed by atoms with Crippen molar-refractivity contribution in [2.45, 2.75) is 223 Å². The van der Waals surface area contributed by atoms with Crippen molar-refractivity contribution in [3.63, 3.8) is 0 Å². The number of fused-ring (bicyclic) bond motifs is 10. The van der Waals surface area contributed by atoms with E-state index >= 15 is 0 Å². The van der Waals surface area contributed by atoms with Crippen LogP contribution in [0.25, 0.3) is 49.0 Å². The molecule has 574 valence electrons. The summed E-state index contributed by atoms with van der Waals surface area (Å²) >= 11 is 0. The molecule has 4 aromatic rings. The third-order valence-corrected chi connectivity index (χ3v) is 25.1. The molecule has 6 saturated carbocycles. The minimum absolute atomic E-state index is 0. The van der Waals surface area contributed by atoms with Crippen LogP contribution in [0.1, 0.15) is 279 Å². The number of hydrogen-bond acceptors (Lipinski definition) is 9. The fraction of sp³-hybridized carbons (Fsp3) is 0.495. The molecule has 0 bridgehead atoms. The van der Waals surface area contributed by atoms with E-state index in [1.807, 2.05) is 0 Å². The van der Waals surface area contributed by atoms with E-state index in [1.165, 1.54) is 22.3 Å². The molecule has 0 amide bonds. The Hall–Kier alpha value is -11.1. The monoisotopic (exact) mass is 1470 g/mol. The number of nitrogens with zero attached hydrogens (tertiary/aromatic N) is 12. The molecule has 0 saturated heterocycles. The Bertz CT molecular complexity index is 4540. The van der Waals surface area contributed by atoms with Gasteiger partial charge in [0, 0.05) is 11.1 Å². The molecule has 0 radical (unpaired) electrons. The minimum Gasteiger partial charge on any atom is -0.226 e. The Morgan fingerprint density at radius 2 is 0.568 bits per heavy atom. The van der Waals surface area contributed by atoms with Crippen molar-refractivity contribution in [1.29, 1.82) is 47.4 Å². The molecule has 0 aliphatic heterocycles. The molecule has 12 nitrogen and oxygen atoms in total. The molecular formula is C99H118N12. The second kappa shape index (κ2) is 39.5. The Labute approximate surface area is 668 Å². The predicted molar refractivity (Wildman–Crippen MR) is 452 cm³/mol. The molecule has 10 atom stereocenters. The van der Waals surface area contributed by atoms with Gasteiger partial charge in [0.25, 0.3) is 17.1 Å². The highest BCUT2D eigenvalue weighted by Crippen LogP contribution is 2.65. The van der Waals surface area contributed by atoms with E-state index in [1.54, 1.807) is 0 Å². The lowest BCUT2D eigenvalue weighted by molar-refractivity contribution is 0.213. The highest BCUT2D eigenvalue weighted by molar-refractivity contribution is 6.04. The zero-order chi connectivity index (χ0) is 77.4. The lowest BCUT2D eigenvalue weighted by Crippen LogP contribution is -2.33. The third-order valence-electron chi connectivity index (χ3n) is 25.1. The summed E-state index contributed by atoms with van der Waals surface area (Å²) in [5, 5.41) is 86.9. The van der Waals surface area contributed by atoms with E-state index in [0.717, 1.165) is 129 Å². The first-order valence-corrected chi connectivity index (χ1v) is 38.1. The Morgan fingerprint density at radius 1 is 0.306 bits per heavy atom. The molecule has 6 fully saturated rings. The summed E-state index contributed by atoms with van der Waals surface area (Å²) in [6, 6.07) is 44.8. The van der Waals surface area contributed by atoms with E-state index in [4.69, 9.17) is 19.7 Å². The normalized spacial score (nSPS) is 23.3. The van der Waals surface area contributed by atoms with Gasteiger partial charge in [-0.3, -0.25) is 0 Å². The second-order valence-electron chi connectivity index (χ2n) is 33.1. The molecule has 0 N–H and O–H groups in total. The fourth-order valence-corrected chi connectivity index (χ4v) is 19.0. The smallest absolute Gasteiger partial charge is 0.226 e. The molecule has 4 aromatic carbocycles. The van der Waals surface area contributed by atoms with Crippen molar-refractivity contribution in [3.05, 3.63) is 219 Å². The summed E-state index contributed by atoms with van der Waals surface area (Å²) in [5.74, 6) is 7.59. The van der Waals surface area contributed by atoms with Gasteiger partial charge in [-0.05, 0) is 259 Å². The lowest BCUT2D eigenvalue weighted by atomic mass is 9.62. The molecule has 8 aliphatic carbocycles. The molecule has 0 heterocycles. The minimum atomic E-state index is 0. The molecule has 0 aromatic heterocycles. The first-order valence-electron chi connectivity index (χ1n) is 38.1. The topological polar surface area (TPSA) is 227 Å². The predicted octanol–water partition coefficient (Wildman–Crippen LogP) is 26.8. The van der Waals surface area contributed by atoms with Gasteiger partial charge in [-0.15, -0.1) is 0 Å². The molecular weight excluding hydrogens is 1360 g/mol. The molecule has 10 unspecified atom stereocenters. The highest BCUT2D eigenvalue weighted by Gasteiger charge is 2.56. The van der Waals surface area contributed by atoms with Gasteiger partial charge in [-0.2, -0.15) is 31.6 Å². The van der Waals surface area contributed by atoms with Gasteiger partial charge >= 0.3 is 0 Å². The van der Waals surface area contributed by atoms with Crippen LogP contribution in [0.2, 0.25) is 0 Å². The van der Waals surface area contributed by atoms with Crippen LogP contribution < -0.4 is 0 Å². The zero-order valence-electron chi connectivity index (χ0n) is 64.7. The maximum Gasteiger partial charge on any atom is 0.270 e. The lowest BCUT2D eigenvalue weighted by Gasteiger charge is -2.41. The molecule has 0 spiro atoms. The van der Waals surface area contributed by atoms with Crippen LogP contribution in [0, 0.1) is 216 Å². The number of benzene rings is 4. The van der Waals surface area contributed by atoms with E-state index in [-0.39, 0.29) is 106 Å². The summed E-state index contributed by atoms with van der Waals surface area (Å²) in [6.07, 6.45) is 12.2. The van der Waals surface area contributed by atoms with Crippen molar-refractivity contribution < 1.29 is 0 Å². The second-order valence-corrected chi connectivity index (χ2v) is 33.1. The molecule has 8 aliphatic rings. The van der Waals surface area contributed by atoms with Gasteiger partial charge in [-0.25, -0.2) is 30.3 Å². The van der Waals surface area contributed by atoms with Crippen molar-refractivity contribution in [3.8, 4) is 65.7 Å². The van der Waals surface area contributed by atoms with E-state index in [0.29, 0.717) is 82.9 Å². The van der Waals surface area contributed by atoms with Crippen LogP contribution in [-0.4, -0.2) is 0 Å². The molecule has 12 rings (SSSR count). The number of nitriles is 9. The van der Waals surface area contributed by atoms with Crippen LogP contribution in [-0.2, 0) is 0 Å². The standard InChI is InChI=1S/2C24H28N4.C24H22N2.C22H20N2.5CH4/c1-13(2)15-7-17-18-8-16(14(3)4)10-20(18)24(22(12-26)28-6)23(19(17)9-15)21(11-25)27-5;1-13(2)15-5-19-20(6-15)24(18(11-27)12-28)22-8-16(14(3)4)7-21(22)23(19)17(9-25)10-26;1-15(2)19-9-7-17-5-6-18-8-10-20(16(3)4)12-23(18)24(22(17)11-19)21(13-25)14-26;1-13(2)15-6-8-17-18-9-7-16(14(3)4)11-20(18)22(19(17)10-15)21(12-23)24-5;;;;;/h13-20H,7-10H2,1-4H3;13-16,19-22H,5-8H2,1-4H3;5-12,15-16H,1-4H3;6-11,13-14H,1-4H3;5*1H4/b23-21+,24-22?;;;;;;;;. The number of allylic oxidation sites excluding steroid dienone is 10. The van der Waals surface area contributed by atoms with Crippen molar-refractivity contribution in [2.75, 3.05) is 0 Å². The van der Waals surface area contributed by atoms with E-state index in [2.05, 4.69) is 265 Å². The SMILES string of the molecule is C.C.C.C.C.CC(C)C1CC2C(=C(C#N)C#N)C3CC(C(C)C)CC3C(=C(C#N)C#N)C2C1.CC(C)c1ccc2c(c1)C(=C(C#N)C#N)c1cc(C(C)C)ccc1C=C2.[C-]#[N+]C(C#N)=C1/C(=C(\C#N)[N+]#[C-])C2CC(C(C)C)CC2C2CC(C(C)C)CC12.[C-]#[N+]C(C#N)=C1c2cc(C(C)C)ccc2-c2ccc(C(C)C)cc21. The van der Waals surface area contributed by atoms with Crippen LogP contribution in [0.3, 0.4) is 0 Å². The summed E-state index contributed by atoms with van der Waals surface area (Å²) in [6.45, 7) is 57.7. The van der Waals surface area contributed by atoms with Crippen LogP contribution in [0.5, 0.6) is 0 Å². The largest absolute Gasteiger partial charge is 0.270 e. The zero-order valence-corrected chi connectivity index (χ0v) is 64.7. The van der Waals surface area contributed by atoms with Crippen LogP contribution >= 0.6 is 0 Å². The third kappa shape index (κ3) is 18.2.